The fourth-order valence-electron chi connectivity index (χ4n) is 4.30. The molecular weight excluding hydrogens is 468 g/mol. The van der Waals surface area contributed by atoms with E-state index in [-0.39, 0.29) is 12.5 Å². The number of halogens is 1. The van der Waals surface area contributed by atoms with Gasteiger partial charge in [0.15, 0.2) is 6.61 Å². The molecule has 3 heterocycles. The van der Waals surface area contributed by atoms with E-state index < -0.39 is 0 Å². The van der Waals surface area contributed by atoms with Gasteiger partial charge in [0.25, 0.3) is 5.89 Å². The molecule has 10 heteroatoms. The Kier molecular flexibility index (Phi) is 6.94. The molecule has 0 radical (unpaired) electrons. The van der Waals surface area contributed by atoms with Crippen LogP contribution in [0.3, 0.4) is 0 Å². The second-order valence-electron chi connectivity index (χ2n) is 8.77. The lowest BCUT2D eigenvalue weighted by Gasteiger charge is -2.20. The molecular formula is C25H27ClN6O3. The maximum atomic E-state index is 12.6. The smallest absolute Gasteiger partial charge is 0.264 e. The van der Waals surface area contributed by atoms with E-state index >= 15 is 0 Å². The van der Waals surface area contributed by atoms with E-state index in [0.717, 1.165) is 42.6 Å². The van der Waals surface area contributed by atoms with Crippen LogP contribution in [0.5, 0.6) is 5.75 Å². The van der Waals surface area contributed by atoms with Gasteiger partial charge in [-0.1, -0.05) is 34.8 Å². The molecule has 0 spiro atoms. The Morgan fingerprint density at radius 1 is 1.11 bits per heavy atom. The number of benzene rings is 2. The first-order valence-corrected chi connectivity index (χ1v) is 12.3. The normalized spacial score (nSPS) is 14.3. The molecule has 0 N–H and O–H groups in total. The van der Waals surface area contributed by atoms with Gasteiger partial charge in [-0.3, -0.25) is 4.79 Å². The molecule has 2 aromatic heterocycles. The number of likely N-dealkylation sites (tertiary alicyclic amines) is 1. The van der Waals surface area contributed by atoms with Crippen LogP contribution in [0, 0.1) is 6.92 Å². The summed E-state index contributed by atoms with van der Waals surface area (Å²) in [5.41, 5.74) is 3.27. The third-order valence-corrected chi connectivity index (χ3v) is 6.46. The van der Waals surface area contributed by atoms with E-state index in [2.05, 4.69) is 20.5 Å². The van der Waals surface area contributed by atoms with Gasteiger partial charge in [0.2, 0.25) is 11.7 Å². The SMILES string of the molecule is Cc1cc(Cl)ccc1OCc1nc(-c2ccc3c(c2)nnn3CCC(=O)N2CCCCCC2)no1. The van der Waals surface area contributed by atoms with Crippen LogP contribution in [0.2, 0.25) is 5.02 Å². The standard InChI is InChI=1S/C25H27ClN6O3/c1-17-14-19(26)7-9-22(17)34-16-23-27-25(29-35-23)18-6-8-21-20(15-18)28-30-32(21)13-10-24(33)31-11-4-2-3-5-12-31/h6-9,14-15H,2-5,10-13,16H2,1H3. The zero-order valence-electron chi connectivity index (χ0n) is 19.6. The van der Waals surface area contributed by atoms with Crippen LogP contribution in [0.4, 0.5) is 0 Å². The summed E-state index contributed by atoms with van der Waals surface area (Å²) < 4.78 is 12.9. The van der Waals surface area contributed by atoms with E-state index in [4.69, 9.17) is 20.9 Å². The zero-order valence-corrected chi connectivity index (χ0v) is 20.4. The molecule has 1 saturated heterocycles. The van der Waals surface area contributed by atoms with Gasteiger partial charge in [-0.05, 0) is 61.7 Å². The average Bonchev–Trinajstić information content (AvgIpc) is 3.40. The first kappa shape index (κ1) is 23.3. The first-order valence-electron chi connectivity index (χ1n) is 11.9. The van der Waals surface area contributed by atoms with E-state index in [9.17, 15) is 4.79 Å². The molecule has 1 amide bonds. The molecule has 0 bridgehead atoms. The maximum Gasteiger partial charge on any atom is 0.264 e. The molecule has 0 atom stereocenters. The lowest BCUT2D eigenvalue weighted by molar-refractivity contribution is -0.131. The third-order valence-electron chi connectivity index (χ3n) is 6.22. The summed E-state index contributed by atoms with van der Waals surface area (Å²) in [6, 6.07) is 11.1. The van der Waals surface area contributed by atoms with E-state index in [0.29, 0.717) is 41.0 Å². The Hall–Kier alpha value is -3.46. The van der Waals surface area contributed by atoms with Crippen molar-refractivity contribution in [3.63, 3.8) is 0 Å². The molecule has 4 aromatic rings. The number of hydrogen-bond acceptors (Lipinski definition) is 7. The highest BCUT2D eigenvalue weighted by Crippen LogP contribution is 2.24. The third kappa shape index (κ3) is 5.45. The van der Waals surface area contributed by atoms with Gasteiger partial charge in [0, 0.05) is 30.1 Å². The summed E-state index contributed by atoms with van der Waals surface area (Å²) in [4.78, 5) is 19.0. The Labute approximate surface area is 208 Å². The first-order chi connectivity index (χ1) is 17.1. The van der Waals surface area contributed by atoms with Crippen molar-refractivity contribution in [1.29, 1.82) is 0 Å². The van der Waals surface area contributed by atoms with Crippen LogP contribution in [0.25, 0.3) is 22.4 Å². The maximum absolute atomic E-state index is 12.6. The second kappa shape index (κ2) is 10.4. The minimum absolute atomic E-state index is 0.152. The highest BCUT2D eigenvalue weighted by atomic mass is 35.5. The van der Waals surface area contributed by atoms with Gasteiger partial charge in [-0.15, -0.1) is 5.10 Å². The van der Waals surface area contributed by atoms with E-state index in [1.807, 2.05) is 42.2 Å². The quantitative estimate of drug-likeness (QED) is 0.363. The summed E-state index contributed by atoms with van der Waals surface area (Å²) in [5, 5.41) is 13.3. The van der Waals surface area contributed by atoms with Crippen molar-refractivity contribution < 1.29 is 14.1 Å². The number of nitrogens with zero attached hydrogens (tertiary/aromatic N) is 6. The van der Waals surface area contributed by atoms with Crippen molar-refractivity contribution >= 4 is 28.5 Å². The molecule has 0 unspecified atom stereocenters. The molecule has 35 heavy (non-hydrogen) atoms. The van der Waals surface area contributed by atoms with Gasteiger partial charge >= 0.3 is 0 Å². The summed E-state index contributed by atoms with van der Waals surface area (Å²) in [7, 11) is 0. The largest absolute Gasteiger partial charge is 0.483 e. The fraction of sp³-hybridized carbons (Fsp3) is 0.400. The minimum atomic E-state index is 0.152. The molecule has 1 aliphatic rings. The monoisotopic (exact) mass is 494 g/mol. The predicted molar refractivity (Wildman–Crippen MR) is 131 cm³/mol. The van der Waals surface area contributed by atoms with Crippen LogP contribution in [0.1, 0.15) is 43.6 Å². The summed E-state index contributed by atoms with van der Waals surface area (Å²) in [6.45, 7) is 4.29. The van der Waals surface area contributed by atoms with Crippen LogP contribution in [-0.4, -0.2) is 49.0 Å². The van der Waals surface area contributed by atoms with Crippen molar-refractivity contribution in [2.24, 2.45) is 0 Å². The number of amides is 1. The summed E-state index contributed by atoms with van der Waals surface area (Å²) in [5.74, 6) is 1.71. The molecule has 2 aromatic carbocycles. The summed E-state index contributed by atoms with van der Waals surface area (Å²) in [6.07, 6.45) is 5.01. The Morgan fingerprint density at radius 2 is 1.94 bits per heavy atom. The summed E-state index contributed by atoms with van der Waals surface area (Å²) >= 11 is 5.99. The minimum Gasteiger partial charge on any atom is -0.483 e. The van der Waals surface area contributed by atoms with Gasteiger partial charge in [0.05, 0.1) is 12.1 Å². The fourth-order valence-corrected chi connectivity index (χ4v) is 4.53. The molecule has 1 fully saturated rings. The Balaban J connectivity index is 1.22. The van der Waals surface area contributed by atoms with Crippen LogP contribution < -0.4 is 4.74 Å². The van der Waals surface area contributed by atoms with E-state index in [1.54, 1.807) is 10.7 Å². The lowest BCUT2D eigenvalue weighted by atomic mass is 10.2. The number of rotatable bonds is 7. The molecule has 9 nitrogen and oxygen atoms in total. The van der Waals surface area contributed by atoms with Crippen molar-refractivity contribution in [2.45, 2.75) is 52.2 Å². The second-order valence-corrected chi connectivity index (χ2v) is 9.21. The van der Waals surface area contributed by atoms with Gasteiger partial charge < -0.3 is 14.2 Å². The molecule has 0 aliphatic carbocycles. The molecule has 0 saturated carbocycles. The van der Waals surface area contributed by atoms with Gasteiger partial charge in [-0.25, -0.2) is 4.68 Å². The number of fused-ring (bicyclic) bond motifs is 1. The number of hydrogen-bond donors (Lipinski definition) is 0. The number of ether oxygens (including phenoxy) is 1. The number of carbonyl (C=O) groups is 1. The molecule has 1 aliphatic heterocycles. The van der Waals surface area contributed by atoms with Crippen LogP contribution in [0.15, 0.2) is 40.9 Å². The zero-order chi connectivity index (χ0) is 24.2. The number of carbonyl (C=O) groups excluding carboxylic acids is 1. The van der Waals surface area contributed by atoms with Crippen molar-refractivity contribution in [3.05, 3.63) is 52.9 Å². The van der Waals surface area contributed by atoms with E-state index in [1.165, 1.54) is 12.8 Å². The van der Waals surface area contributed by atoms with Gasteiger partial charge in [0.1, 0.15) is 11.3 Å². The van der Waals surface area contributed by atoms with Gasteiger partial charge in [-0.2, -0.15) is 4.98 Å². The Morgan fingerprint density at radius 3 is 2.74 bits per heavy atom. The van der Waals surface area contributed by atoms with Crippen LogP contribution in [-0.2, 0) is 17.9 Å². The highest BCUT2D eigenvalue weighted by Gasteiger charge is 2.17. The topological polar surface area (TPSA) is 99.2 Å². The average molecular weight is 495 g/mol. The van der Waals surface area contributed by atoms with Crippen molar-refractivity contribution in [1.82, 2.24) is 30.0 Å². The predicted octanol–water partition coefficient (Wildman–Crippen LogP) is 4.81. The highest BCUT2D eigenvalue weighted by molar-refractivity contribution is 6.30. The number of aryl methyl sites for hydroxylation is 2. The molecule has 5 rings (SSSR count). The Bertz CT molecular complexity index is 1330. The van der Waals surface area contributed by atoms with Crippen molar-refractivity contribution in [3.8, 4) is 17.1 Å². The van der Waals surface area contributed by atoms with Crippen molar-refractivity contribution in [2.75, 3.05) is 13.1 Å². The molecule has 182 valence electrons. The number of aromatic nitrogens is 5. The lowest BCUT2D eigenvalue weighted by Crippen LogP contribution is -2.32. The van der Waals surface area contributed by atoms with Crippen LogP contribution >= 0.6 is 11.6 Å².